The molecule has 2 rings (SSSR count). The second kappa shape index (κ2) is 4.01. The highest BCUT2D eigenvalue weighted by atomic mass is 16.5. The summed E-state index contributed by atoms with van der Waals surface area (Å²) in [4.78, 5) is 0. The summed E-state index contributed by atoms with van der Waals surface area (Å²) in [5.74, 6) is 1.04. The van der Waals surface area contributed by atoms with Crippen LogP contribution in [0.5, 0.6) is 5.75 Å². The summed E-state index contributed by atoms with van der Waals surface area (Å²) in [6.07, 6.45) is 2.56. The summed E-state index contributed by atoms with van der Waals surface area (Å²) in [7, 11) is 0. The Hall–Kier alpha value is -1.02. The van der Waals surface area contributed by atoms with Crippen molar-refractivity contribution in [2.24, 2.45) is 0 Å². The molecule has 0 radical (unpaired) electrons. The molecule has 1 aromatic carbocycles. The highest BCUT2D eigenvalue weighted by Gasteiger charge is 2.11. The van der Waals surface area contributed by atoms with E-state index >= 15 is 0 Å². The molecule has 76 valence electrons. The summed E-state index contributed by atoms with van der Waals surface area (Å²) in [5.41, 5.74) is 2.57. The predicted octanol–water partition coefficient (Wildman–Crippen LogP) is 1.93. The van der Waals surface area contributed by atoms with E-state index in [0.29, 0.717) is 0 Å². The summed E-state index contributed by atoms with van der Waals surface area (Å²) < 4.78 is 5.48. The highest BCUT2D eigenvalue weighted by Crippen LogP contribution is 2.26. The average Bonchev–Trinajstić information content (AvgIpc) is 2.61. The molecular formula is C12H16O2. The zero-order valence-corrected chi connectivity index (χ0v) is 8.49. The van der Waals surface area contributed by atoms with Crippen molar-refractivity contribution in [3.05, 3.63) is 29.3 Å². The van der Waals surface area contributed by atoms with Crippen molar-refractivity contribution in [3.8, 4) is 5.75 Å². The molecule has 2 nitrogen and oxygen atoms in total. The molecule has 0 aromatic heterocycles. The first-order valence-corrected chi connectivity index (χ1v) is 5.18. The van der Waals surface area contributed by atoms with Crippen molar-refractivity contribution in [2.45, 2.75) is 32.3 Å². The number of ether oxygens (including phenoxy) is 1. The van der Waals surface area contributed by atoms with Crippen LogP contribution in [0.15, 0.2) is 18.2 Å². The van der Waals surface area contributed by atoms with Crippen molar-refractivity contribution >= 4 is 0 Å². The molecule has 2 heteroatoms. The van der Waals surface area contributed by atoms with Gasteiger partial charge >= 0.3 is 0 Å². The van der Waals surface area contributed by atoms with E-state index in [1.807, 2.05) is 6.92 Å². The van der Waals surface area contributed by atoms with Gasteiger partial charge in [0.1, 0.15) is 5.75 Å². The number of aliphatic hydroxyl groups excluding tert-OH is 1. The number of rotatable bonds is 3. The summed E-state index contributed by atoms with van der Waals surface area (Å²) in [6.45, 7) is 2.64. The van der Waals surface area contributed by atoms with Crippen molar-refractivity contribution in [1.29, 1.82) is 0 Å². The van der Waals surface area contributed by atoms with Crippen LogP contribution in [-0.4, -0.2) is 17.8 Å². The minimum absolute atomic E-state index is 0.218. The molecule has 1 heterocycles. The van der Waals surface area contributed by atoms with Crippen LogP contribution in [0.25, 0.3) is 0 Å². The molecule has 1 unspecified atom stereocenters. The van der Waals surface area contributed by atoms with Gasteiger partial charge in [-0.1, -0.05) is 12.1 Å². The van der Waals surface area contributed by atoms with E-state index in [9.17, 15) is 5.11 Å². The fraction of sp³-hybridized carbons (Fsp3) is 0.500. The van der Waals surface area contributed by atoms with Crippen LogP contribution < -0.4 is 4.74 Å². The lowest BCUT2D eigenvalue weighted by atomic mass is 10.0. The van der Waals surface area contributed by atoms with Gasteiger partial charge in [0.25, 0.3) is 0 Å². The second-order valence-electron chi connectivity index (χ2n) is 3.93. The zero-order chi connectivity index (χ0) is 9.97. The minimum atomic E-state index is -0.218. The predicted molar refractivity (Wildman–Crippen MR) is 55.6 cm³/mol. The van der Waals surface area contributed by atoms with Crippen LogP contribution in [0.3, 0.4) is 0 Å². The van der Waals surface area contributed by atoms with E-state index in [-0.39, 0.29) is 6.10 Å². The average molecular weight is 192 g/mol. The topological polar surface area (TPSA) is 29.5 Å². The fourth-order valence-electron chi connectivity index (χ4n) is 1.74. The van der Waals surface area contributed by atoms with E-state index in [2.05, 4.69) is 18.2 Å². The van der Waals surface area contributed by atoms with Crippen LogP contribution in [-0.2, 0) is 12.8 Å². The summed E-state index contributed by atoms with van der Waals surface area (Å²) in [6, 6.07) is 6.38. The van der Waals surface area contributed by atoms with E-state index in [1.54, 1.807) is 0 Å². The van der Waals surface area contributed by atoms with E-state index in [1.165, 1.54) is 11.1 Å². The molecule has 0 fully saturated rings. The third-order valence-corrected chi connectivity index (χ3v) is 2.61. The molecular weight excluding hydrogens is 176 g/mol. The molecule has 1 aromatic rings. The third-order valence-electron chi connectivity index (χ3n) is 2.61. The lowest BCUT2D eigenvalue weighted by Crippen LogP contribution is -2.01. The molecule has 1 N–H and O–H groups in total. The van der Waals surface area contributed by atoms with Crippen LogP contribution >= 0.6 is 0 Å². The van der Waals surface area contributed by atoms with Gasteiger partial charge in [0.15, 0.2) is 0 Å². The van der Waals surface area contributed by atoms with Gasteiger partial charge in [0.2, 0.25) is 0 Å². The van der Waals surface area contributed by atoms with Gasteiger partial charge in [-0.3, -0.25) is 0 Å². The number of hydrogen-bond acceptors (Lipinski definition) is 2. The maximum Gasteiger partial charge on any atom is 0.122 e. The molecule has 0 saturated heterocycles. The molecule has 0 amide bonds. The van der Waals surface area contributed by atoms with E-state index < -0.39 is 0 Å². The van der Waals surface area contributed by atoms with Crippen LogP contribution in [0.1, 0.15) is 24.5 Å². The van der Waals surface area contributed by atoms with Gasteiger partial charge in [-0.25, -0.2) is 0 Å². The number of aryl methyl sites for hydroxylation is 1. The number of hydrogen-bond donors (Lipinski definition) is 1. The first-order valence-electron chi connectivity index (χ1n) is 5.18. The van der Waals surface area contributed by atoms with Crippen molar-refractivity contribution in [2.75, 3.05) is 6.61 Å². The fourth-order valence-corrected chi connectivity index (χ4v) is 1.74. The molecule has 14 heavy (non-hydrogen) atoms. The van der Waals surface area contributed by atoms with Gasteiger partial charge in [-0.15, -0.1) is 0 Å². The summed E-state index contributed by atoms with van der Waals surface area (Å²) in [5, 5.41) is 9.18. The standard InChI is InChI=1S/C12H16O2/c1-9(13)2-3-10-4-5-11-6-7-14-12(11)8-10/h4-5,8-9,13H,2-3,6-7H2,1H3. The Morgan fingerprint density at radius 1 is 1.50 bits per heavy atom. The Kier molecular flexibility index (Phi) is 2.73. The molecule has 0 bridgehead atoms. The van der Waals surface area contributed by atoms with Gasteiger partial charge < -0.3 is 9.84 Å². The third kappa shape index (κ3) is 2.07. The maximum atomic E-state index is 9.18. The van der Waals surface area contributed by atoms with E-state index in [0.717, 1.165) is 31.6 Å². The normalized spacial score (nSPS) is 16.1. The Morgan fingerprint density at radius 3 is 3.14 bits per heavy atom. The maximum absolute atomic E-state index is 9.18. The number of aliphatic hydroxyl groups is 1. The molecule has 0 saturated carbocycles. The smallest absolute Gasteiger partial charge is 0.122 e. The van der Waals surface area contributed by atoms with Crippen LogP contribution in [0, 0.1) is 0 Å². The van der Waals surface area contributed by atoms with Gasteiger partial charge in [0, 0.05) is 6.42 Å². The summed E-state index contributed by atoms with van der Waals surface area (Å²) >= 11 is 0. The Bertz CT molecular complexity index is 318. The Morgan fingerprint density at radius 2 is 2.36 bits per heavy atom. The van der Waals surface area contributed by atoms with Gasteiger partial charge in [0.05, 0.1) is 12.7 Å². The molecule has 0 aliphatic carbocycles. The van der Waals surface area contributed by atoms with Crippen molar-refractivity contribution in [1.82, 2.24) is 0 Å². The largest absolute Gasteiger partial charge is 0.493 e. The highest BCUT2D eigenvalue weighted by molar-refractivity contribution is 5.40. The Labute approximate surface area is 84.5 Å². The van der Waals surface area contributed by atoms with E-state index in [4.69, 9.17) is 4.74 Å². The SMILES string of the molecule is CC(O)CCc1ccc2c(c1)OCC2. The van der Waals surface area contributed by atoms with Crippen molar-refractivity contribution < 1.29 is 9.84 Å². The first kappa shape index (κ1) is 9.53. The lowest BCUT2D eigenvalue weighted by Gasteiger charge is -2.06. The van der Waals surface area contributed by atoms with Crippen LogP contribution in [0.2, 0.25) is 0 Å². The molecule has 1 atom stereocenters. The first-order chi connectivity index (χ1) is 6.75. The monoisotopic (exact) mass is 192 g/mol. The van der Waals surface area contributed by atoms with Gasteiger partial charge in [-0.2, -0.15) is 0 Å². The second-order valence-corrected chi connectivity index (χ2v) is 3.93. The minimum Gasteiger partial charge on any atom is -0.493 e. The number of fused-ring (bicyclic) bond motifs is 1. The molecule has 1 aliphatic heterocycles. The zero-order valence-electron chi connectivity index (χ0n) is 8.49. The lowest BCUT2D eigenvalue weighted by molar-refractivity contribution is 0.185. The number of benzene rings is 1. The van der Waals surface area contributed by atoms with Gasteiger partial charge in [-0.05, 0) is 37.0 Å². The molecule has 1 aliphatic rings. The molecule has 0 spiro atoms. The Balaban J connectivity index is 2.05. The van der Waals surface area contributed by atoms with Crippen molar-refractivity contribution in [3.63, 3.8) is 0 Å². The van der Waals surface area contributed by atoms with Crippen LogP contribution in [0.4, 0.5) is 0 Å². The quantitative estimate of drug-likeness (QED) is 0.793.